The predicted octanol–water partition coefficient (Wildman–Crippen LogP) is 6.92. The molecule has 15 heteroatoms. The Bertz CT molecular complexity index is 2060. The molecule has 1 amide bonds. The molecule has 2 fully saturated rings. The molecule has 4 aromatic rings. The summed E-state index contributed by atoms with van der Waals surface area (Å²) in [5, 5.41) is 16.6. The molecule has 11 nitrogen and oxygen atoms in total. The fourth-order valence-corrected chi connectivity index (χ4v) is 9.65. The fourth-order valence-electron chi connectivity index (χ4n) is 5.44. The van der Waals surface area contributed by atoms with Gasteiger partial charge in [0, 0.05) is 35.0 Å². The zero-order valence-corrected chi connectivity index (χ0v) is 28.9. The third-order valence-corrected chi connectivity index (χ3v) is 11.9. The SMILES string of the molecule is CC1(C)OC[C@@H](COc2cc3ncc(C#N)c(Nc4ccc(OCc5cccc(F)c5)c(Cl)c4)c3cc2NC(=O)C[C@H]2CCS(=O)(=O)S2)O1. The number of halogens is 2. The maximum atomic E-state index is 13.6. The molecule has 49 heavy (non-hydrogen) atoms. The average Bonchev–Trinajstić information content (AvgIpc) is 3.58. The van der Waals surface area contributed by atoms with E-state index in [4.69, 9.17) is 30.5 Å². The topological polar surface area (TPSA) is 149 Å². The highest BCUT2D eigenvalue weighted by atomic mass is 35.5. The number of nitriles is 1. The number of rotatable bonds is 11. The maximum absolute atomic E-state index is 13.6. The molecule has 3 aromatic carbocycles. The summed E-state index contributed by atoms with van der Waals surface area (Å²) in [5.74, 6) is -0.779. The average molecular weight is 727 g/mol. The minimum atomic E-state index is -3.24. The molecule has 2 saturated heterocycles. The zero-order chi connectivity index (χ0) is 34.8. The van der Waals surface area contributed by atoms with Gasteiger partial charge < -0.3 is 29.6 Å². The second kappa shape index (κ2) is 14.4. The molecule has 2 aliphatic heterocycles. The van der Waals surface area contributed by atoms with Crippen LogP contribution in [-0.2, 0) is 29.7 Å². The van der Waals surface area contributed by atoms with Crippen molar-refractivity contribution in [2.24, 2.45) is 0 Å². The molecule has 256 valence electrons. The second-order valence-electron chi connectivity index (χ2n) is 12.0. The van der Waals surface area contributed by atoms with Crippen molar-refractivity contribution in [3.05, 3.63) is 82.8 Å². The number of carbonyl (C=O) groups is 1. The van der Waals surface area contributed by atoms with Crippen LogP contribution in [-0.4, -0.2) is 55.4 Å². The Hall–Kier alpha value is -4.13. The molecule has 3 heterocycles. The number of nitrogens with one attached hydrogen (secondary N) is 2. The van der Waals surface area contributed by atoms with Gasteiger partial charge in [-0.1, -0.05) is 23.7 Å². The van der Waals surface area contributed by atoms with Crippen molar-refractivity contribution in [2.45, 2.75) is 50.4 Å². The van der Waals surface area contributed by atoms with Crippen molar-refractivity contribution in [1.82, 2.24) is 4.98 Å². The first-order chi connectivity index (χ1) is 23.4. The van der Waals surface area contributed by atoms with E-state index in [1.54, 1.807) is 42.5 Å². The molecule has 0 spiro atoms. The summed E-state index contributed by atoms with van der Waals surface area (Å²) in [4.78, 5) is 17.7. The first-order valence-corrected chi connectivity index (χ1v) is 18.7. The van der Waals surface area contributed by atoms with Crippen LogP contribution in [0.1, 0.15) is 37.8 Å². The van der Waals surface area contributed by atoms with Gasteiger partial charge in [0.05, 0.1) is 39.8 Å². The van der Waals surface area contributed by atoms with E-state index in [0.717, 1.165) is 10.8 Å². The third kappa shape index (κ3) is 8.73. The lowest BCUT2D eigenvalue weighted by Crippen LogP contribution is -2.25. The van der Waals surface area contributed by atoms with E-state index in [1.165, 1.54) is 18.3 Å². The molecule has 6 rings (SSSR count). The van der Waals surface area contributed by atoms with E-state index in [9.17, 15) is 22.9 Å². The van der Waals surface area contributed by atoms with Crippen molar-refractivity contribution < 1.29 is 36.6 Å². The molecule has 2 atom stereocenters. The van der Waals surface area contributed by atoms with E-state index in [0.29, 0.717) is 58.1 Å². The number of benzene rings is 3. The van der Waals surface area contributed by atoms with Gasteiger partial charge in [-0.3, -0.25) is 9.78 Å². The van der Waals surface area contributed by atoms with Gasteiger partial charge in [-0.05, 0) is 73.0 Å². The van der Waals surface area contributed by atoms with Crippen molar-refractivity contribution in [3.8, 4) is 17.6 Å². The van der Waals surface area contributed by atoms with Crippen LogP contribution >= 0.6 is 22.4 Å². The largest absolute Gasteiger partial charge is 0.489 e. The predicted molar refractivity (Wildman–Crippen MR) is 185 cm³/mol. The van der Waals surface area contributed by atoms with Gasteiger partial charge in [0.15, 0.2) is 5.79 Å². The van der Waals surface area contributed by atoms with E-state index in [-0.39, 0.29) is 59.1 Å². The number of amides is 1. The van der Waals surface area contributed by atoms with Crippen LogP contribution in [0.4, 0.5) is 21.5 Å². The Kier molecular flexibility index (Phi) is 10.2. The van der Waals surface area contributed by atoms with Crippen molar-refractivity contribution in [2.75, 3.05) is 29.6 Å². The summed E-state index contributed by atoms with van der Waals surface area (Å²) in [6.45, 7) is 4.18. The van der Waals surface area contributed by atoms with Gasteiger partial charge in [-0.15, -0.1) is 0 Å². The van der Waals surface area contributed by atoms with E-state index in [1.807, 2.05) is 13.8 Å². The molecular weight excluding hydrogens is 695 g/mol. The molecule has 0 radical (unpaired) electrons. The minimum absolute atomic E-state index is 0.0110. The molecular formula is C34H32ClFN4O7S2. The van der Waals surface area contributed by atoms with Crippen LogP contribution in [0.3, 0.4) is 0 Å². The number of nitrogens with zero attached hydrogens (tertiary/aromatic N) is 2. The summed E-state index contributed by atoms with van der Waals surface area (Å²) >= 11 is 6.54. The van der Waals surface area contributed by atoms with Crippen LogP contribution < -0.4 is 20.1 Å². The van der Waals surface area contributed by atoms with Gasteiger partial charge in [0.25, 0.3) is 0 Å². The molecule has 0 saturated carbocycles. The number of ether oxygens (including phenoxy) is 4. The van der Waals surface area contributed by atoms with Gasteiger partial charge >= 0.3 is 0 Å². The molecule has 2 N–H and O–H groups in total. The van der Waals surface area contributed by atoms with Crippen LogP contribution in [0.2, 0.25) is 5.02 Å². The Morgan fingerprint density at radius 2 is 2.02 bits per heavy atom. The standard InChI is InChI=1S/C34H32ClFN4O7S2/c1-34(2)46-19-24(47-34)18-45-31-14-28-26(13-29(31)40-32(41)12-25-8-9-49(42,43)48-25)33(21(15-37)16-38-28)39-23-6-7-30(27(35)11-23)44-17-20-4-3-5-22(36)10-20/h3-7,10-11,13-14,16,24-25H,8-9,12,17-19H2,1-2H3,(H,38,39)(H,40,41)/t24-,25-/m1/s1. The Labute approximate surface area is 291 Å². The monoisotopic (exact) mass is 726 g/mol. The highest BCUT2D eigenvalue weighted by molar-refractivity contribution is 8.72. The lowest BCUT2D eigenvalue weighted by Gasteiger charge is -2.19. The highest BCUT2D eigenvalue weighted by Crippen LogP contribution is 2.39. The summed E-state index contributed by atoms with van der Waals surface area (Å²) in [6, 6.07) is 16.6. The quantitative estimate of drug-likeness (QED) is 0.155. The van der Waals surface area contributed by atoms with E-state index >= 15 is 0 Å². The Balaban J connectivity index is 1.28. The number of hydrogen-bond donors (Lipinski definition) is 2. The minimum Gasteiger partial charge on any atom is -0.489 e. The van der Waals surface area contributed by atoms with Gasteiger partial charge in [0.1, 0.15) is 42.7 Å². The summed E-state index contributed by atoms with van der Waals surface area (Å²) in [7, 11) is -2.42. The first kappa shape index (κ1) is 34.7. The number of hydrogen-bond acceptors (Lipinski definition) is 11. The molecule has 0 bridgehead atoms. The van der Waals surface area contributed by atoms with Crippen molar-refractivity contribution >= 4 is 65.1 Å². The number of fused-ring (bicyclic) bond motifs is 1. The van der Waals surface area contributed by atoms with Crippen LogP contribution in [0.15, 0.2) is 60.8 Å². The summed E-state index contributed by atoms with van der Waals surface area (Å²) in [6.07, 6.45) is 1.45. The van der Waals surface area contributed by atoms with Gasteiger partial charge in [-0.2, -0.15) is 5.26 Å². The zero-order valence-electron chi connectivity index (χ0n) is 26.5. The first-order valence-electron chi connectivity index (χ1n) is 15.3. The van der Waals surface area contributed by atoms with Crippen LogP contribution in [0, 0.1) is 17.1 Å². The third-order valence-electron chi connectivity index (χ3n) is 7.73. The van der Waals surface area contributed by atoms with Crippen LogP contribution in [0.5, 0.6) is 11.5 Å². The number of pyridine rings is 1. The second-order valence-corrected chi connectivity index (χ2v) is 16.9. The number of aromatic nitrogens is 1. The van der Waals surface area contributed by atoms with E-state index in [2.05, 4.69) is 21.7 Å². The molecule has 2 aliphatic rings. The van der Waals surface area contributed by atoms with Crippen molar-refractivity contribution in [3.63, 3.8) is 0 Å². The lowest BCUT2D eigenvalue weighted by molar-refractivity contribution is -0.141. The Morgan fingerprint density at radius 3 is 2.71 bits per heavy atom. The van der Waals surface area contributed by atoms with Gasteiger partial charge in [-0.25, -0.2) is 12.8 Å². The molecule has 1 aromatic heterocycles. The Morgan fingerprint density at radius 1 is 1.18 bits per heavy atom. The normalized spacial score (nSPS) is 19.3. The summed E-state index contributed by atoms with van der Waals surface area (Å²) < 4.78 is 60.9. The van der Waals surface area contributed by atoms with E-state index < -0.39 is 14.7 Å². The molecule has 0 unspecified atom stereocenters. The number of anilines is 3. The maximum Gasteiger partial charge on any atom is 0.225 e. The summed E-state index contributed by atoms with van der Waals surface area (Å²) in [5.41, 5.74) is 2.60. The highest BCUT2D eigenvalue weighted by Gasteiger charge is 2.34. The smallest absolute Gasteiger partial charge is 0.225 e. The van der Waals surface area contributed by atoms with Gasteiger partial charge in [0.2, 0.25) is 14.8 Å². The van der Waals surface area contributed by atoms with Crippen molar-refractivity contribution in [1.29, 1.82) is 5.26 Å². The van der Waals surface area contributed by atoms with Crippen LogP contribution in [0.25, 0.3) is 10.9 Å². The molecule has 0 aliphatic carbocycles. The fraction of sp³-hybridized carbons (Fsp3) is 0.324. The lowest BCUT2D eigenvalue weighted by atomic mass is 10.1. The number of carbonyl (C=O) groups excluding carboxylic acids is 1.